The minimum absolute atomic E-state index is 0.0530. The number of amides is 1. The van der Waals surface area contributed by atoms with E-state index in [4.69, 9.17) is 16.3 Å². The Kier molecular flexibility index (Phi) is 6.70. The lowest BCUT2D eigenvalue weighted by atomic mass is 9.73. The highest BCUT2D eigenvalue weighted by atomic mass is 35.5. The summed E-state index contributed by atoms with van der Waals surface area (Å²) in [6.07, 6.45) is 1.15. The van der Waals surface area contributed by atoms with Crippen molar-refractivity contribution in [3.63, 3.8) is 0 Å². The normalized spacial score (nSPS) is 17.3. The molecule has 150 valence electrons. The first-order chi connectivity index (χ1) is 13.4. The van der Waals surface area contributed by atoms with Gasteiger partial charge in [0.05, 0.1) is 11.5 Å². The molecule has 0 aliphatic carbocycles. The van der Waals surface area contributed by atoms with Crippen LogP contribution in [-0.2, 0) is 14.9 Å². The maximum Gasteiger partial charge on any atom is 0.230 e. The first-order valence-corrected chi connectivity index (χ1v) is 9.85. The maximum absolute atomic E-state index is 13.4. The molecule has 1 N–H and O–H groups in total. The molecule has 2 aromatic rings. The van der Waals surface area contributed by atoms with Crippen molar-refractivity contribution in [3.8, 4) is 0 Å². The van der Waals surface area contributed by atoms with Gasteiger partial charge in [-0.2, -0.15) is 0 Å². The quantitative estimate of drug-likeness (QED) is 0.792. The van der Waals surface area contributed by atoms with Crippen molar-refractivity contribution in [2.24, 2.45) is 0 Å². The molecule has 1 atom stereocenters. The van der Waals surface area contributed by atoms with Crippen LogP contribution in [0.2, 0.25) is 5.02 Å². The van der Waals surface area contributed by atoms with E-state index in [1.165, 1.54) is 12.1 Å². The SMILES string of the molecule is CN(C)C(CNC(=O)C1(c2ccc(F)cc2)CCOCC1)c1ccccc1Cl. The molecule has 3 rings (SSSR count). The Morgan fingerprint density at radius 2 is 1.82 bits per heavy atom. The molecule has 0 radical (unpaired) electrons. The van der Waals surface area contributed by atoms with E-state index in [0.717, 1.165) is 11.1 Å². The average molecular weight is 405 g/mol. The number of carbonyl (C=O) groups is 1. The van der Waals surface area contributed by atoms with Gasteiger partial charge in [0.25, 0.3) is 0 Å². The largest absolute Gasteiger partial charge is 0.381 e. The standard InChI is InChI=1S/C22H26ClFN2O2/c1-26(2)20(18-5-3-4-6-19(18)23)15-25-21(27)22(11-13-28-14-12-22)16-7-9-17(24)10-8-16/h3-10,20H,11-15H2,1-2H3,(H,25,27). The van der Waals surface area contributed by atoms with Gasteiger partial charge >= 0.3 is 0 Å². The highest BCUT2D eigenvalue weighted by Gasteiger charge is 2.41. The van der Waals surface area contributed by atoms with Gasteiger partial charge in [0.2, 0.25) is 5.91 Å². The van der Waals surface area contributed by atoms with Gasteiger partial charge in [0.1, 0.15) is 5.82 Å². The van der Waals surface area contributed by atoms with Crippen LogP contribution in [0.15, 0.2) is 48.5 Å². The van der Waals surface area contributed by atoms with Gasteiger partial charge in [0.15, 0.2) is 0 Å². The lowest BCUT2D eigenvalue weighted by Gasteiger charge is -2.37. The maximum atomic E-state index is 13.4. The Hall–Kier alpha value is -1.95. The predicted octanol–water partition coefficient (Wildman–Crippen LogP) is 3.95. The van der Waals surface area contributed by atoms with Gasteiger partial charge < -0.3 is 15.0 Å². The second kappa shape index (κ2) is 9.03. The van der Waals surface area contributed by atoms with Crippen LogP contribution in [0.4, 0.5) is 4.39 Å². The molecule has 1 aliphatic heterocycles. The van der Waals surface area contributed by atoms with Crippen molar-refractivity contribution >= 4 is 17.5 Å². The number of ether oxygens (including phenoxy) is 1. The summed E-state index contributed by atoms with van der Waals surface area (Å²) >= 11 is 6.37. The van der Waals surface area contributed by atoms with Gasteiger partial charge in [-0.05, 0) is 56.3 Å². The zero-order chi connectivity index (χ0) is 20.1. The van der Waals surface area contributed by atoms with Crippen molar-refractivity contribution in [3.05, 3.63) is 70.5 Å². The molecular formula is C22H26ClFN2O2. The molecule has 28 heavy (non-hydrogen) atoms. The second-order valence-corrected chi connectivity index (χ2v) is 7.82. The molecule has 0 aromatic heterocycles. The topological polar surface area (TPSA) is 41.6 Å². The number of nitrogens with zero attached hydrogens (tertiary/aromatic N) is 1. The Labute approximate surface area is 170 Å². The molecule has 1 saturated heterocycles. The predicted molar refractivity (Wildman–Crippen MR) is 109 cm³/mol. The first kappa shape index (κ1) is 20.8. The molecule has 4 nitrogen and oxygen atoms in total. The van der Waals surface area contributed by atoms with Crippen LogP contribution in [0, 0.1) is 5.82 Å². The fourth-order valence-electron chi connectivity index (χ4n) is 3.81. The van der Waals surface area contributed by atoms with Crippen LogP contribution in [0.3, 0.4) is 0 Å². The zero-order valence-corrected chi connectivity index (χ0v) is 17.0. The van der Waals surface area contributed by atoms with Crippen molar-refractivity contribution in [1.82, 2.24) is 10.2 Å². The lowest BCUT2D eigenvalue weighted by molar-refractivity contribution is -0.130. The fraction of sp³-hybridized carbons (Fsp3) is 0.409. The van der Waals surface area contributed by atoms with Crippen LogP contribution >= 0.6 is 11.6 Å². The summed E-state index contributed by atoms with van der Waals surface area (Å²) in [5.74, 6) is -0.362. The third kappa shape index (κ3) is 4.37. The van der Waals surface area contributed by atoms with Crippen molar-refractivity contribution in [2.75, 3.05) is 33.9 Å². The van der Waals surface area contributed by atoms with Gasteiger partial charge in [-0.15, -0.1) is 0 Å². The third-order valence-electron chi connectivity index (χ3n) is 5.52. The van der Waals surface area contributed by atoms with Gasteiger partial charge in [0, 0.05) is 24.8 Å². The van der Waals surface area contributed by atoms with E-state index in [1.807, 2.05) is 43.3 Å². The number of rotatable bonds is 6. The summed E-state index contributed by atoms with van der Waals surface area (Å²) in [7, 11) is 3.93. The van der Waals surface area contributed by atoms with Crippen LogP contribution in [0.25, 0.3) is 0 Å². The first-order valence-electron chi connectivity index (χ1n) is 9.47. The number of hydrogen-bond donors (Lipinski definition) is 1. The molecule has 0 spiro atoms. The highest BCUT2D eigenvalue weighted by molar-refractivity contribution is 6.31. The van der Waals surface area contributed by atoms with Crippen molar-refractivity contribution in [1.29, 1.82) is 0 Å². The smallest absolute Gasteiger partial charge is 0.230 e. The van der Waals surface area contributed by atoms with Gasteiger partial charge in [-0.1, -0.05) is 41.9 Å². The Morgan fingerprint density at radius 3 is 2.43 bits per heavy atom. The molecule has 6 heteroatoms. The Morgan fingerprint density at radius 1 is 1.18 bits per heavy atom. The number of halogens is 2. The molecule has 2 aromatic carbocycles. The summed E-state index contributed by atoms with van der Waals surface area (Å²) in [4.78, 5) is 15.4. The molecule has 1 unspecified atom stereocenters. The molecule has 1 aliphatic rings. The van der Waals surface area contributed by atoms with E-state index in [2.05, 4.69) is 5.32 Å². The van der Waals surface area contributed by atoms with Crippen molar-refractivity contribution < 1.29 is 13.9 Å². The minimum Gasteiger partial charge on any atom is -0.381 e. The van der Waals surface area contributed by atoms with E-state index < -0.39 is 5.41 Å². The average Bonchev–Trinajstić information content (AvgIpc) is 2.70. The van der Waals surface area contributed by atoms with E-state index in [9.17, 15) is 9.18 Å². The van der Waals surface area contributed by atoms with Crippen LogP contribution in [0.5, 0.6) is 0 Å². The minimum atomic E-state index is -0.705. The summed E-state index contributed by atoms with van der Waals surface area (Å²) < 4.78 is 18.9. The molecular weight excluding hydrogens is 379 g/mol. The monoisotopic (exact) mass is 404 g/mol. The molecule has 1 fully saturated rings. The summed E-state index contributed by atoms with van der Waals surface area (Å²) in [5, 5.41) is 3.80. The fourth-order valence-corrected chi connectivity index (χ4v) is 4.07. The number of hydrogen-bond acceptors (Lipinski definition) is 3. The summed E-state index contributed by atoms with van der Waals surface area (Å²) in [6.45, 7) is 1.44. The third-order valence-corrected chi connectivity index (χ3v) is 5.87. The molecule has 0 saturated carbocycles. The van der Waals surface area contributed by atoms with Crippen LogP contribution in [0.1, 0.15) is 30.0 Å². The Bertz CT molecular complexity index is 804. The molecule has 0 bridgehead atoms. The zero-order valence-electron chi connectivity index (χ0n) is 16.3. The van der Waals surface area contributed by atoms with Crippen LogP contribution in [-0.4, -0.2) is 44.7 Å². The summed E-state index contributed by atoms with van der Waals surface area (Å²) in [6, 6.07) is 13.8. The van der Waals surface area contributed by atoms with E-state index >= 15 is 0 Å². The van der Waals surface area contributed by atoms with E-state index in [-0.39, 0.29) is 17.8 Å². The highest BCUT2D eigenvalue weighted by Crippen LogP contribution is 2.35. The van der Waals surface area contributed by atoms with Gasteiger partial charge in [-0.25, -0.2) is 4.39 Å². The number of benzene rings is 2. The van der Waals surface area contributed by atoms with Crippen molar-refractivity contribution in [2.45, 2.75) is 24.3 Å². The number of nitrogens with one attached hydrogen (secondary N) is 1. The van der Waals surface area contributed by atoms with E-state index in [1.54, 1.807) is 12.1 Å². The van der Waals surface area contributed by atoms with E-state index in [0.29, 0.717) is 37.6 Å². The second-order valence-electron chi connectivity index (χ2n) is 7.41. The van der Waals surface area contributed by atoms with Crippen LogP contribution < -0.4 is 5.32 Å². The Balaban J connectivity index is 1.82. The molecule has 1 heterocycles. The van der Waals surface area contributed by atoms with Gasteiger partial charge in [-0.3, -0.25) is 4.79 Å². The number of carbonyl (C=O) groups excluding carboxylic acids is 1. The summed E-state index contributed by atoms with van der Waals surface area (Å²) in [5.41, 5.74) is 1.09. The molecule has 1 amide bonds. The lowest BCUT2D eigenvalue weighted by Crippen LogP contribution is -2.49. The number of likely N-dealkylation sites (N-methyl/N-ethyl adjacent to an activating group) is 1.